The van der Waals surface area contributed by atoms with Crippen LogP contribution in [0.1, 0.15) is 13.3 Å². The first-order valence-electron chi connectivity index (χ1n) is 5.54. The van der Waals surface area contributed by atoms with Crippen molar-refractivity contribution in [2.45, 2.75) is 13.3 Å². The molecule has 4 N–H and O–H groups in total. The van der Waals surface area contributed by atoms with Gasteiger partial charge in [0.25, 0.3) is 0 Å². The lowest BCUT2D eigenvalue weighted by molar-refractivity contribution is -0.115. The predicted molar refractivity (Wildman–Crippen MR) is 72.1 cm³/mol. The molecule has 0 atom stereocenters. The van der Waals surface area contributed by atoms with E-state index in [1.165, 1.54) is 7.11 Å². The van der Waals surface area contributed by atoms with Gasteiger partial charge in [0.2, 0.25) is 5.91 Å². The van der Waals surface area contributed by atoms with Gasteiger partial charge in [0.15, 0.2) is 0 Å². The van der Waals surface area contributed by atoms with Crippen LogP contribution in [-0.4, -0.2) is 24.8 Å². The Kier molecular flexibility index (Phi) is 5.34. The molecule has 0 fully saturated rings. The maximum Gasteiger partial charge on any atom is 0.332 e. The summed E-state index contributed by atoms with van der Waals surface area (Å²) in [4.78, 5) is 22.2. The van der Waals surface area contributed by atoms with Crippen molar-refractivity contribution in [2.24, 2.45) is 10.8 Å². The number of ether oxygens (including phenoxy) is 1. The van der Waals surface area contributed by atoms with E-state index in [-0.39, 0.29) is 12.3 Å². The van der Waals surface area contributed by atoms with Gasteiger partial charge >= 0.3 is 6.03 Å². The quantitative estimate of drug-likeness (QED) is 0.547. The first kappa shape index (κ1) is 14.5. The van der Waals surface area contributed by atoms with E-state index in [1.54, 1.807) is 31.2 Å². The molecule has 0 aliphatic rings. The van der Waals surface area contributed by atoms with Crippen molar-refractivity contribution in [2.75, 3.05) is 12.4 Å². The first-order valence-corrected chi connectivity index (χ1v) is 5.54. The third-order valence-corrected chi connectivity index (χ3v) is 2.15. The molecule has 0 aliphatic carbocycles. The van der Waals surface area contributed by atoms with E-state index < -0.39 is 6.03 Å². The number of nitrogens with one attached hydrogen (secondary N) is 2. The fourth-order valence-electron chi connectivity index (χ4n) is 1.36. The number of hydrogen-bond acceptors (Lipinski definition) is 4. The van der Waals surface area contributed by atoms with Crippen molar-refractivity contribution in [3.05, 3.63) is 24.3 Å². The molecule has 0 aliphatic heterocycles. The Morgan fingerprint density at radius 3 is 2.68 bits per heavy atom. The Bertz CT molecular complexity index is 500. The average molecular weight is 264 g/mol. The first-order chi connectivity index (χ1) is 9.02. The minimum absolute atomic E-state index is 0.0400. The lowest BCUT2D eigenvalue weighted by atomic mass is 10.2. The zero-order valence-corrected chi connectivity index (χ0v) is 10.8. The van der Waals surface area contributed by atoms with Crippen molar-refractivity contribution in [3.8, 4) is 5.75 Å². The van der Waals surface area contributed by atoms with Crippen LogP contribution in [0.15, 0.2) is 29.4 Å². The van der Waals surface area contributed by atoms with Gasteiger partial charge in [-0.1, -0.05) is 12.1 Å². The Hall–Kier alpha value is -2.57. The fourth-order valence-corrected chi connectivity index (χ4v) is 1.36. The fraction of sp³-hybridized carbons (Fsp3) is 0.250. The van der Waals surface area contributed by atoms with Crippen molar-refractivity contribution in [3.63, 3.8) is 0 Å². The van der Waals surface area contributed by atoms with Crippen LogP contribution in [0.25, 0.3) is 0 Å². The number of anilines is 1. The molecule has 7 heteroatoms. The third kappa shape index (κ3) is 5.07. The molecule has 0 aromatic heterocycles. The van der Waals surface area contributed by atoms with Gasteiger partial charge in [-0.05, 0) is 19.1 Å². The number of amides is 3. The van der Waals surface area contributed by atoms with E-state index in [0.29, 0.717) is 17.1 Å². The number of carbonyl (C=O) groups is 2. The number of hydrogen-bond donors (Lipinski definition) is 3. The molecule has 0 bridgehead atoms. The highest BCUT2D eigenvalue weighted by atomic mass is 16.5. The molecular formula is C12H16N4O3. The van der Waals surface area contributed by atoms with Gasteiger partial charge < -0.3 is 15.8 Å². The standard InChI is InChI=1S/C12H16N4O3/c1-8(15-16-12(13)18)7-11(17)14-9-5-3-4-6-10(9)19-2/h3-6H,7H2,1-2H3,(H,14,17)(H3,13,16,18)/b15-8+. The highest BCUT2D eigenvalue weighted by Crippen LogP contribution is 2.22. The Labute approximate surface area is 110 Å². The second-order valence-corrected chi connectivity index (χ2v) is 3.75. The van der Waals surface area contributed by atoms with Gasteiger partial charge in [0, 0.05) is 5.71 Å². The molecule has 1 aromatic rings. The van der Waals surface area contributed by atoms with Gasteiger partial charge in [0.05, 0.1) is 19.2 Å². The van der Waals surface area contributed by atoms with Crippen LogP contribution >= 0.6 is 0 Å². The van der Waals surface area contributed by atoms with E-state index in [9.17, 15) is 9.59 Å². The van der Waals surface area contributed by atoms with Crippen LogP contribution in [0.5, 0.6) is 5.75 Å². The largest absolute Gasteiger partial charge is 0.495 e. The molecule has 19 heavy (non-hydrogen) atoms. The van der Waals surface area contributed by atoms with Crippen LogP contribution in [0.4, 0.5) is 10.5 Å². The van der Waals surface area contributed by atoms with Crippen molar-refractivity contribution in [1.29, 1.82) is 0 Å². The summed E-state index contributed by atoms with van der Waals surface area (Å²) in [6.45, 7) is 1.61. The smallest absolute Gasteiger partial charge is 0.332 e. The molecule has 0 unspecified atom stereocenters. The van der Waals surface area contributed by atoms with Gasteiger partial charge in [-0.15, -0.1) is 0 Å². The second-order valence-electron chi connectivity index (χ2n) is 3.75. The SMILES string of the molecule is COc1ccccc1NC(=O)C/C(C)=N/NC(N)=O. The lowest BCUT2D eigenvalue weighted by Crippen LogP contribution is -2.26. The number of carbonyl (C=O) groups excluding carboxylic acids is 2. The monoisotopic (exact) mass is 264 g/mol. The summed E-state index contributed by atoms with van der Waals surface area (Å²) in [7, 11) is 1.52. The minimum atomic E-state index is -0.774. The number of nitrogens with two attached hydrogens (primary N) is 1. The number of rotatable bonds is 5. The molecule has 0 spiro atoms. The third-order valence-electron chi connectivity index (χ3n) is 2.15. The van der Waals surface area contributed by atoms with Gasteiger partial charge in [0.1, 0.15) is 5.75 Å². The average Bonchev–Trinajstić information content (AvgIpc) is 2.37. The van der Waals surface area contributed by atoms with E-state index >= 15 is 0 Å². The summed E-state index contributed by atoms with van der Waals surface area (Å²) in [5.41, 5.74) is 7.93. The van der Waals surface area contributed by atoms with Crippen LogP contribution in [-0.2, 0) is 4.79 Å². The number of hydrazone groups is 1. The summed E-state index contributed by atoms with van der Waals surface area (Å²) in [5, 5.41) is 6.34. The van der Waals surface area contributed by atoms with E-state index in [1.807, 2.05) is 0 Å². The Balaban J connectivity index is 2.60. The normalized spacial score (nSPS) is 10.7. The summed E-state index contributed by atoms with van der Waals surface area (Å²) in [6.07, 6.45) is 0.0400. The van der Waals surface area contributed by atoms with Crippen LogP contribution in [0.3, 0.4) is 0 Å². The summed E-state index contributed by atoms with van der Waals surface area (Å²) >= 11 is 0. The number of methoxy groups -OCH3 is 1. The summed E-state index contributed by atoms with van der Waals surface area (Å²) in [5.74, 6) is 0.303. The highest BCUT2D eigenvalue weighted by molar-refractivity contribution is 6.06. The second kappa shape index (κ2) is 7.00. The van der Waals surface area contributed by atoms with Gasteiger partial charge in [-0.25, -0.2) is 10.2 Å². The Morgan fingerprint density at radius 1 is 1.37 bits per heavy atom. The number of primary amides is 1. The highest BCUT2D eigenvalue weighted by Gasteiger charge is 2.08. The van der Waals surface area contributed by atoms with E-state index in [0.717, 1.165) is 0 Å². The zero-order chi connectivity index (χ0) is 14.3. The molecule has 3 amide bonds. The summed E-state index contributed by atoms with van der Waals surface area (Å²) in [6, 6.07) is 6.28. The maximum atomic E-state index is 11.7. The summed E-state index contributed by atoms with van der Waals surface area (Å²) < 4.78 is 5.11. The topological polar surface area (TPSA) is 106 Å². The molecule has 102 valence electrons. The molecule has 7 nitrogen and oxygen atoms in total. The van der Waals surface area contributed by atoms with E-state index in [2.05, 4.69) is 15.8 Å². The molecule has 1 aromatic carbocycles. The van der Waals surface area contributed by atoms with Crippen LogP contribution in [0, 0.1) is 0 Å². The van der Waals surface area contributed by atoms with E-state index in [4.69, 9.17) is 10.5 Å². The molecule has 1 rings (SSSR count). The zero-order valence-electron chi connectivity index (χ0n) is 10.8. The molecule has 0 radical (unpaired) electrons. The minimum Gasteiger partial charge on any atom is -0.495 e. The van der Waals surface area contributed by atoms with Crippen LogP contribution < -0.4 is 21.2 Å². The maximum absolute atomic E-state index is 11.7. The number of benzene rings is 1. The number of urea groups is 1. The molecule has 0 saturated carbocycles. The molecule has 0 saturated heterocycles. The lowest BCUT2D eigenvalue weighted by Gasteiger charge is -2.09. The van der Waals surface area contributed by atoms with Crippen molar-refractivity contribution in [1.82, 2.24) is 5.43 Å². The predicted octanol–water partition coefficient (Wildman–Crippen LogP) is 1.07. The molecular weight excluding hydrogens is 248 g/mol. The van der Waals surface area contributed by atoms with Gasteiger partial charge in [-0.2, -0.15) is 5.10 Å². The number of para-hydroxylation sites is 2. The van der Waals surface area contributed by atoms with Crippen LogP contribution in [0.2, 0.25) is 0 Å². The number of nitrogens with zero attached hydrogens (tertiary/aromatic N) is 1. The van der Waals surface area contributed by atoms with Crippen molar-refractivity contribution >= 4 is 23.3 Å². The van der Waals surface area contributed by atoms with Crippen molar-refractivity contribution < 1.29 is 14.3 Å². The molecule has 0 heterocycles. The Morgan fingerprint density at radius 2 is 2.05 bits per heavy atom. The van der Waals surface area contributed by atoms with Gasteiger partial charge in [-0.3, -0.25) is 4.79 Å².